The van der Waals surface area contributed by atoms with Crippen LogP contribution in [-0.4, -0.2) is 16.3 Å². The van der Waals surface area contributed by atoms with E-state index < -0.39 is 12.2 Å². The summed E-state index contributed by atoms with van der Waals surface area (Å²) in [7, 11) is 0. The molecule has 0 aliphatic carbocycles. The van der Waals surface area contributed by atoms with Crippen LogP contribution >= 0.6 is 0 Å². The molecule has 1 aromatic rings. The zero-order chi connectivity index (χ0) is 8.48. The molecule has 0 bridgehead atoms. The van der Waals surface area contributed by atoms with Gasteiger partial charge in [-0.05, 0) is 6.92 Å². The first-order chi connectivity index (χ1) is 4.97. The van der Waals surface area contributed by atoms with E-state index in [1.807, 2.05) is 0 Å². The van der Waals surface area contributed by atoms with Crippen molar-refractivity contribution in [3.8, 4) is 5.88 Å². The Morgan fingerprint density at radius 3 is 2.55 bits per heavy atom. The van der Waals surface area contributed by atoms with Gasteiger partial charge in [0.2, 0.25) is 5.88 Å². The molecule has 0 fully saturated rings. The van der Waals surface area contributed by atoms with Gasteiger partial charge in [0.15, 0.2) is 0 Å². The van der Waals surface area contributed by atoms with Crippen molar-refractivity contribution in [3.63, 3.8) is 0 Å². The number of aromatic amines is 1. The van der Waals surface area contributed by atoms with Crippen LogP contribution in [-0.2, 0) is 0 Å². The molecule has 62 valence electrons. The van der Waals surface area contributed by atoms with Gasteiger partial charge in [-0.15, -0.1) is 13.2 Å². The maximum Gasteiger partial charge on any atom is 0.574 e. The van der Waals surface area contributed by atoms with Gasteiger partial charge in [-0.1, -0.05) is 0 Å². The summed E-state index contributed by atoms with van der Waals surface area (Å²) < 4.78 is 37.9. The first-order valence-electron chi connectivity index (χ1n) is 2.75. The van der Waals surface area contributed by atoms with Crippen molar-refractivity contribution in [2.24, 2.45) is 0 Å². The van der Waals surface area contributed by atoms with Gasteiger partial charge < -0.3 is 9.72 Å². The summed E-state index contributed by atoms with van der Waals surface area (Å²) in [5.41, 5.74) is 0. The largest absolute Gasteiger partial charge is 0.574 e. The van der Waals surface area contributed by atoms with Crippen LogP contribution in [0.15, 0.2) is 6.20 Å². The van der Waals surface area contributed by atoms with Gasteiger partial charge in [0, 0.05) is 0 Å². The Balaban J connectivity index is 2.65. The normalized spacial score (nSPS) is 11.6. The highest BCUT2D eigenvalue weighted by Crippen LogP contribution is 2.19. The van der Waals surface area contributed by atoms with Crippen LogP contribution in [0.4, 0.5) is 13.2 Å². The Kier molecular flexibility index (Phi) is 1.76. The van der Waals surface area contributed by atoms with Crippen LogP contribution in [0, 0.1) is 6.92 Å². The second kappa shape index (κ2) is 2.44. The van der Waals surface area contributed by atoms with E-state index in [0.29, 0.717) is 5.82 Å². The third-order valence-corrected chi connectivity index (χ3v) is 0.905. The fraction of sp³-hybridized carbons (Fsp3) is 0.400. The number of halogens is 3. The number of nitrogens with zero attached hydrogens (tertiary/aromatic N) is 1. The fourth-order valence-corrected chi connectivity index (χ4v) is 0.575. The van der Waals surface area contributed by atoms with Crippen LogP contribution in [0.1, 0.15) is 5.82 Å². The smallest absolute Gasteiger partial charge is 0.388 e. The maximum atomic E-state index is 11.5. The average molecular weight is 166 g/mol. The van der Waals surface area contributed by atoms with Crippen molar-refractivity contribution >= 4 is 0 Å². The molecular formula is C5H5F3N2O. The molecule has 3 nitrogen and oxygen atoms in total. The zero-order valence-electron chi connectivity index (χ0n) is 5.57. The second-order valence-electron chi connectivity index (χ2n) is 1.88. The third-order valence-electron chi connectivity index (χ3n) is 0.905. The third kappa shape index (κ3) is 2.48. The predicted octanol–water partition coefficient (Wildman–Crippen LogP) is 1.62. The van der Waals surface area contributed by atoms with E-state index in [0.717, 1.165) is 6.20 Å². The Bertz CT molecular complexity index is 242. The molecular weight excluding hydrogens is 161 g/mol. The van der Waals surface area contributed by atoms with E-state index in [-0.39, 0.29) is 0 Å². The molecule has 0 atom stereocenters. The Hall–Kier alpha value is -1.20. The Labute approximate surface area is 60.2 Å². The monoisotopic (exact) mass is 166 g/mol. The highest BCUT2D eigenvalue weighted by molar-refractivity contribution is 5.06. The zero-order valence-corrected chi connectivity index (χ0v) is 5.57. The van der Waals surface area contributed by atoms with Crippen LogP contribution in [0.25, 0.3) is 0 Å². The second-order valence-corrected chi connectivity index (χ2v) is 1.88. The van der Waals surface area contributed by atoms with E-state index in [9.17, 15) is 13.2 Å². The summed E-state index contributed by atoms with van der Waals surface area (Å²) in [5.74, 6) is -0.0146. The standard InChI is InChI=1S/C5H5F3N2O/c1-3-9-2-4(10-3)11-5(6,7)8/h2H,1H3,(H,9,10). The molecule has 0 amide bonds. The van der Waals surface area contributed by atoms with Gasteiger partial charge in [-0.3, -0.25) is 0 Å². The number of rotatable bonds is 1. The van der Waals surface area contributed by atoms with E-state index in [1.165, 1.54) is 6.92 Å². The molecule has 1 aromatic heterocycles. The minimum atomic E-state index is -4.65. The average Bonchev–Trinajstić information content (AvgIpc) is 2.10. The van der Waals surface area contributed by atoms with Gasteiger partial charge in [0.1, 0.15) is 5.82 Å². The minimum absolute atomic E-state index is 0.379. The minimum Gasteiger partial charge on any atom is -0.388 e. The first kappa shape index (κ1) is 7.90. The van der Waals surface area contributed by atoms with Crippen molar-refractivity contribution in [2.75, 3.05) is 0 Å². The first-order valence-corrected chi connectivity index (χ1v) is 2.75. The van der Waals surface area contributed by atoms with Crippen LogP contribution in [0.3, 0.4) is 0 Å². The molecule has 0 unspecified atom stereocenters. The number of hydrogen-bond acceptors (Lipinski definition) is 2. The number of aromatic nitrogens is 2. The van der Waals surface area contributed by atoms with Crippen molar-refractivity contribution < 1.29 is 17.9 Å². The molecule has 1 N–H and O–H groups in total. The number of imidazole rings is 1. The summed E-state index contributed by atoms with van der Waals surface area (Å²) in [6.45, 7) is 1.53. The highest BCUT2D eigenvalue weighted by Gasteiger charge is 2.31. The molecule has 1 rings (SSSR count). The Morgan fingerprint density at radius 2 is 2.18 bits per heavy atom. The molecule has 0 aromatic carbocycles. The van der Waals surface area contributed by atoms with Crippen molar-refractivity contribution in [2.45, 2.75) is 13.3 Å². The van der Waals surface area contributed by atoms with Crippen LogP contribution in [0.2, 0.25) is 0 Å². The molecule has 6 heteroatoms. The Morgan fingerprint density at radius 1 is 1.55 bits per heavy atom. The lowest BCUT2D eigenvalue weighted by molar-refractivity contribution is -0.276. The summed E-state index contributed by atoms with van der Waals surface area (Å²) in [5, 5.41) is 0. The van der Waals surface area contributed by atoms with E-state index >= 15 is 0 Å². The highest BCUT2D eigenvalue weighted by atomic mass is 19.4. The van der Waals surface area contributed by atoms with Gasteiger partial charge >= 0.3 is 6.36 Å². The van der Waals surface area contributed by atoms with Crippen LogP contribution in [0.5, 0.6) is 5.88 Å². The van der Waals surface area contributed by atoms with Crippen LogP contribution < -0.4 is 4.74 Å². The SMILES string of the molecule is Cc1ncc(OC(F)(F)F)[nH]1. The van der Waals surface area contributed by atoms with E-state index in [4.69, 9.17) is 0 Å². The number of ether oxygens (including phenoxy) is 1. The molecule has 0 aliphatic rings. The van der Waals surface area contributed by atoms with E-state index in [1.54, 1.807) is 0 Å². The summed E-state index contributed by atoms with van der Waals surface area (Å²) in [6.07, 6.45) is -3.68. The molecule has 0 saturated carbocycles. The molecule has 1 heterocycles. The molecule has 0 aliphatic heterocycles. The molecule has 0 saturated heterocycles. The summed E-state index contributed by atoms with van der Waals surface area (Å²) in [6, 6.07) is 0. The maximum absolute atomic E-state index is 11.5. The van der Waals surface area contributed by atoms with E-state index in [2.05, 4.69) is 14.7 Å². The summed E-state index contributed by atoms with van der Waals surface area (Å²) in [4.78, 5) is 5.80. The number of nitrogens with one attached hydrogen (secondary N) is 1. The van der Waals surface area contributed by atoms with Gasteiger partial charge in [-0.2, -0.15) is 0 Å². The van der Waals surface area contributed by atoms with Gasteiger partial charge in [-0.25, -0.2) is 4.98 Å². The number of hydrogen-bond donors (Lipinski definition) is 1. The molecule has 0 radical (unpaired) electrons. The lowest BCUT2D eigenvalue weighted by Gasteiger charge is -2.04. The van der Waals surface area contributed by atoms with Crippen molar-refractivity contribution in [1.82, 2.24) is 9.97 Å². The quantitative estimate of drug-likeness (QED) is 0.688. The lowest BCUT2D eigenvalue weighted by atomic mass is 10.8. The number of aryl methyl sites for hydroxylation is 1. The van der Waals surface area contributed by atoms with Gasteiger partial charge in [0.05, 0.1) is 6.20 Å². The predicted molar refractivity (Wildman–Crippen MR) is 30.0 cm³/mol. The van der Waals surface area contributed by atoms with Crippen molar-refractivity contribution in [1.29, 1.82) is 0 Å². The fourth-order valence-electron chi connectivity index (χ4n) is 0.575. The summed E-state index contributed by atoms with van der Waals surface area (Å²) >= 11 is 0. The topological polar surface area (TPSA) is 37.9 Å². The number of alkyl halides is 3. The van der Waals surface area contributed by atoms with Crippen molar-refractivity contribution in [3.05, 3.63) is 12.0 Å². The number of H-pyrrole nitrogens is 1. The molecule has 11 heavy (non-hydrogen) atoms. The lowest BCUT2D eigenvalue weighted by Crippen LogP contribution is -2.17. The molecule has 0 spiro atoms. The van der Waals surface area contributed by atoms with Gasteiger partial charge in [0.25, 0.3) is 0 Å².